The van der Waals surface area contributed by atoms with Crippen LogP contribution < -0.4 is 4.74 Å². The van der Waals surface area contributed by atoms with E-state index in [2.05, 4.69) is 32.9 Å². The van der Waals surface area contributed by atoms with Gasteiger partial charge in [0.15, 0.2) is 0 Å². The number of rotatable bonds is 5. The summed E-state index contributed by atoms with van der Waals surface area (Å²) in [6.45, 7) is 8.46. The summed E-state index contributed by atoms with van der Waals surface area (Å²) in [6, 6.07) is 2.03. The molecule has 18 heavy (non-hydrogen) atoms. The fourth-order valence-electron chi connectivity index (χ4n) is 2.30. The molecule has 100 valence electrons. The Morgan fingerprint density at radius 3 is 2.56 bits per heavy atom. The second kappa shape index (κ2) is 6.84. The van der Waals surface area contributed by atoms with Crippen molar-refractivity contribution >= 4 is 11.6 Å². The van der Waals surface area contributed by atoms with E-state index < -0.39 is 0 Å². The number of ether oxygens (including phenoxy) is 1. The van der Waals surface area contributed by atoms with Gasteiger partial charge in [-0.05, 0) is 49.8 Å². The number of benzene rings is 1. The number of aryl methyl sites for hydroxylation is 1. The van der Waals surface area contributed by atoms with Crippen LogP contribution in [0.3, 0.4) is 0 Å². The second-order valence-electron chi connectivity index (χ2n) is 4.76. The second-order valence-corrected chi connectivity index (χ2v) is 5.14. The van der Waals surface area contributed by atoms with Gasteiger partial charge < -0.3 is 4.74 Å². The molecule has 0 amide bonds. The standard InChI is InChI=1S/C16H23ClO/c1-6-7-8-9-11(2)15-13(4)16(17)12(3)10-14(15)18-5/h7-8,10-11H,6,9H2,1-5H3/b8-7-. The van der Waals surface area contributed by atoms with E-state index in [-0.39, 0.29) is 0 Å². The maximum Gasteiger partial charge on any atom is 0.122 e. The summed E-state index contributed by atoms with van der Waals surface area (Å²) in [4.78, 5) is 0. The summed E-state index contributed by atoms with van der Waals surface area (Å²) >= 11 is 6.34. The van der Waals surface area contributed by atoms with E-state index in [0.29, 0.717) is 5.92 Å². The molecule has 0 bridgehead atoms. The number of hydrogen-bond acceptors (Lipinski definition) is 1. The molecule has 1 aromatic rings. The Hall–Kier alpha value is -0.950. The molecule has 0 fully saturated rings. The molecule has 0 saturated carbocycles. The zero-order valence-electron chi connectivity index (χ0n) is 12.0. The summed E-state index contributed by atoms with van der Waals surface area (Å²) < 4.78 is 5.51. The number of methoxy groups -OCH3 is 1. The molecule has 1 unspecified atom stereocenters. The topological polar surface area (TPSA) is 9.23 Å². The monoisotopic (exact) mass is 266 g/mol. The van der Waals surface area contributed by atoms with Crippen LogP contribution in [0.15, 0.2) is 18.2 Å². The number of allylic oxidation sites excluding steroid dienone is 2. The van der Waals surface area contributed by atoms with Crippen LogP contribution in [-0.2, 0) is 0 Å². The van der Waals surface area contributed by atoms with Gasteiger partial charge in [-0.3, -0.25) is 0 Å². The highest BCUT2D eigenvalue weighted by molar-refractivity contribution is 6.32. The van der Waals surface area contributed by atoms with Gasteiger partial charge in [-0.2, -0.15) is 0 Å². The fraction of sp³-hybridized carbons (Fsp3) is 0.500. The van der Waals surface area contributed by atoms with Crippen LogP contribution in [0.25, 0.3) is 0 Å². The third-order valence-corrected chi connectivity index (χ3v) is 3.88. The first-order valence-electron chi connectivity index (χ1n) is 6.51. The molecule has 0 saturated heterocycles. The molecule has 0 radical (unpaired) electrons. The highest BCUT2D eigenvalue weighted by Crippen LogP contribution is 2.37. The van der Waals surface area contributed by atoms with Gasteiger partial charge in [0, 0.05) is 10.6 Å². The number of halogens is 1. The zero-order chi connectivity index (χ0) is 13.7. The molecule has 0 N–H and O–H groups in total. The molecular formula is C16H23ClO. The van der Waals surface area contributed by atoms with Crippen molar-refractivity contribution in [1.29, 1.82) is 0 Å². The molecule has 1 nitrogen and oxygen atoms in total. The normalized spacial score (nSPS) is 13.0. The van der Waals surface area contributed by atoms with Crippen molar-refractivity contribution in [3.8, 4) is 5.75 Å². The van der Waals surface area contributed by atoms with Gasteiger partial charge in [-0.25, -0.2) is 0 Å². The largest absolute Gasteiger partial charge is 0.496 e. The minimum atomic E-state index is 0.417. The van der Waals surface area contributed by atoms with Crippen molar-refractivity contribution in [3.63, 3.8) is 0 Å². The van der Waals surface area contributed by atoms with Crippen molar-refractivity contribution < 1.29 is 4.74 Å². The molecule has 1 aromatic carbocycles. The average molecular weight is 267 g/mol. The van der Waals surface area contributed by atoms with E-state index in [1.54, 1.807) is 7.11 Å². The van der Waals surface area contributed by atoms with Crippen LogP contribution in [-0.4, -0.2) is 7.11 Å². The van der Waals surface area contributed by atoms with Gasteiger partial charge in [-0.1, -0.05) is 37.6 Å². The van der Waals surface area contributed by atoms with E-state index in [0.717, 1.165) is 34.7 Å². The SMILES string of the molecule is CC/C=C\CC(C)c1c(OC)cc(C)c(Cl)c1C. The van der Waals surface area contributed by atoms with Crippen LogP contribution >= 0.6 is 11.6 Å². The summed E-state index contributed by atoms with van der Waals surface area (Å²) in [6.07, 6.45) is 6.54. The van der Waals surface area contributed by atoms with E-state index in [9.17, 15) is 0 Å². The summed E-state index contributed by atoms with van der Waals surface area (Å²) in [5.41, 5.74) is 3.45. The van der Waals surface area contributed by atoms with Crippen molar-refractivity contribution in [3.05, 3.63) is 39.9 Å². The minimum Gasteiger partial charge on any atom is -0.496 e. The van der Waals surface area contributed by atoms with Gasteiger partial charge in [-0.15, -0.1) is 0 Å². The lowest BCUT2D eigenvalue weighted by atomic mass is 9.91. The molecule has 0 aliphatic rings. The lowest BCUT2D eigenvalue weighted by molar-refractivity contribution is 0.405. The van der Waals surface area contributed by atoms with Crippen LogP contribution in [0.5, 0.6) is 5.75 Å². The summed E-state index contributed by atoms with van der Waals surface area (Å²) in [5.74, 6) is 1.37. The Kier molecular flexibility index (Phi) is 5.74. The van der Waals surface area contributed by atoms with E-state index in [1.807, 2.05) is 13.0 Å². The third-order valence-electron chi connectivity index (χ3n) is 3.30. The van der Waals surface area contributed by atoms with Crippen LogP contribution in [0, 0.1) is 13.8 Å². The van der Waals surface area contributed by atoms with Crippen LogP contribution in [0.2, 0.25) is 5.02 Å². The molecular weight excluding hydrogens is 244 g/mol. The van der Waals surface area contributed by atoms with Gasteiger partial charge in [0.1, 0.15) is 5.75 Å². The van der Waals surface area contributed by atoms with Gasteiger partial charge in [0.2, 0.25) is 0 Å². The maximum atomic E-state index is 6.34. The fourth-order valence-corrected chi connectivity index (χ4v) is 2.46. The summed E-state index contributed by atoms with van der Waals surface area (Å²) in [7, 11) is 1.72. The van der Waals surface area contributed by atoms with Crippen molar-refractivity contribution in [2.75, 3.05) is 7.11 Å². The average Bonchev–Trinajstić information content (AvgIpc) is 2.35. The molecule has 0 aromatic heterocycles. The lowest BCUT2D eigenvalue weighted by Gasteiger charge is -2.19. The number of hydrogen-bond donors (Lipinski definition) is 0. The third kappa shape index (κ3) is 3.29. The quantitative estimate of drug-likeness (QED) is 0.646. The summed E-state index contributed by atoms with van der Waals surface area (Å²) in [5, 5.41) is 0.858. The van der Waals surface area contributed by atoms with Crippen molar-refractivity contribution in [2.24, 2.45) is 0 Å². The first-order valence-corrected chi connectivity index (χ1v) is 6.89. The van der Waals surface area contributed by atoms with Crippen molar-refractivity contribution in [1.82, 2.24) is 0 Å². The highest BCUT2D eigenvalue weighted by atomic mass is 35.5. The smallest absolute Gasteiger partial charge is 0.122 e. The molecule has 0 spiro atoms. The lowest BCUT2D eigenvalue weighted by Crippen LogP contribution is -2.02. The molecule has 0 heterocycles. The van der Waals surface area contributed by atoms with E-state index in [1.165, 1.54) is 5.56 Å². The van der Waals surface area contributed by atoms with Gasteiger partial charge in [0.05, 0.1) is 7.11 Å². The van der Waals surface area contributed by atoms with Crippen LogP contribution in [0.1, 0.15) is 49.3 Å². The zero-order valence-corrected chi connectivity index (χ0v) is 12.8. The van der Waals surface area contributed by atoms with E-state index in [4.69, 9.17) is 16.3 Å². The Balaban J connectivity index is 3.13. The van der Waals surface area contributed by atoms with E-state index >= 15 is 0 Å². The predicted molar refractivity (Wildman–Crippen MR) is 79.9 cm³/mol. The minimum absolute atomic E-state index is 0.417. The molecule has 1 atom stereocenters. The molecule has 0 aliphatic carbocycles. The Morgan fingerprint density at radius 2 is 2.00 bits per heavy atom. The molecule has 1 rings (SSSR count). The highest BCUT2D eigenvalue weighted by Gasteiger charge is 2.17. The Morgan fingerprint density at radius 1 is 1.33 bits per heavy atom. The molecule has 0 aliphatic heterocycles. The maximum absolute atomic E-state index is 6.34. The first-order chi connectivity index (χ1) is 8.52. The van der Waals surface area contributed by atoms with Gasteiger partial charge in [0.25, 0.3) is 0 Å². The first kappa shape index (κ1) is 15.1. The predicted octanol–water partition coefficient (Wildman–Crippen LogP) is 5.43. The molecule has 2 heteroatoms. The van der Waals surface area contributed by atoms with Crippen LogP contribution in [0.4, 0.5) is 0 Å². The van der Waals surface area contributed by atoms with Crippen molar-refractivity contribution in [2.45, 2.75) is 46.5 Å². The Bertz CT molecular complexity index is 435. The Labute approximate surface area is 116 Å². The van der Waals surface area contributed by atoms with Gasteiger partial charge >= 0.3 is 0 Å².